The summed E-state index contributed by atoms with van der Waals surface area (Å²) in [5, 5.41) is 12.7. The van der Waals surface area contributed by atoms with Crippen molar-refractivity contribution < 1.29 is 18.8 Å². The Bertz CT molecular complexity index is 1580. The minimum absolute atomic E-state index is 0.311. The number of morpholine rings is 1. The van der Waals surface area contributed by atoms with Crippen LogP contribution in [0, 0.1) is 5.92 Å². The van der Waals surface area contributed by atoms with Crippen LogP contribution in [0.25, 0.3) is 21.5 Å². The summed E-state index contributed by atoms with van der Waals surface area (Å²) < 4.78 is 28.3. The van der Waals surface area contributed by atoms with Crippen LogP contribution in [0.2, 0.25) is 0 Å². The molecule has 10 nitrogen and oxygen atoms in total. The number of fused-ring (bicyclic) bond motifs is 1. The lowest BCUT2D eigenvalue weighted by molar-refractivity contribution is -0.0135. The summed E-state index contributed by atoms with van der Waals surface area (Å²) in [5.41, 5.74) is 3.56. The summed E-state index contributed by atoms with van der Waals surface area (Å²) in [6.07, 6.45) is 3.70. The van der Waals surface area contributed by atoms with Crippen LogP contribution in [0.15, 0.2) is 52.9 Å². The number of methoxy groups -OCH3 is 1. The van der Waals surface area contributed by atoms with Gasteiger partial charge in [-0.15, -0.1) is 11.3 Å². The lowest BCUT2D eigenvalue weighted by Crippen LogP contribution is -2.41. The third-order valence-electron chi connectivity index (χ3n) is 8.23. The van der Waals surface area contributed by atoms with E-state index < -0.39 is 16.6 Å². The fraction of sp³-hybridized carbons (Fsp3) is 0.452. The second-order valence-electron chi connectivity index (χ2n) is 11.6. The first-order valence-corrected chi connectivity index (χ1v) is 16.7. The standard InChI is InChI=1S/C31H38N6O4S2/c1-31(2,38)23-9-11-36(12-10-23)19-22-20-42-28-26(33-30(34-27(22)28)37-13-15-41-16-14-37)21-17-25(29(40-3)32-18-21)35-43(39)24-7-5-4-6-8-24/h4-8,17-18,20,23,35,38H,9-16,19H2,1-3H3. The summed E-state index contributed by atoms with van der Waals surface area (Å²) >= 11 is 1.64. The normalized spacial score (nSPS) is 17.7. The van der Waals surface area contributed by atoms with Crippen LogP contribution in [0.3, 0.4) is 0 Å². The number of hydrogen-bond acceptors (Lipinski definition) is 10. The number of aliphatic hydroxyl groups is 1. The maximum Gasteiger partial charge on any atom is 0.238 e. The molecular formula is C31H38N6O4S2. The molecule has 6 rings (SSSR count). The number of ether oxygens (including phenoxy) is 2. The summed E-state index contributed by atoms with van der Waals surface area (Å²) in [6.45, 7) is 9.21. The van der Waals surface area contributed by atoms with E-state index in [1.807, 2.05) is 50.2 Å². The molecule has 0 spiro atoms. The number of piperidine rings is 1. The molecule has 0 radical (unpaired) electrons. The number of nitrogens with one attached hydrogen (secondary N) is 1. The molecule has 2 fully saturated rings. The number of anilines is 2. The zero-order valence-electron chi connectivity index (χ0n) is 24.8. The fourth-order valence-electron chi connectivity index (χ4n) is 5.73. The van der Waals surface area contributed by atoms with Crippen molar-refractivity contribution in [1.29, 1.82) is 0 Å². The Morgan fingerprint density at radius 3 is 2.58 bits per heavy atom. The van der Waals surface area contributed by atoms with Crippen molar-refractivity contribution in [3.05, 3.63) is 53.5 Å². The summed E-state index contributed by atoms with van der Waals surface area (Å²) in [5.74, 6) is 1.34. The highest BCUT2D eigenvalue weighted by Gasteiger charge is 2.31. The van der Waals surface area contributed by atoms with E-state index in [0.717, 1.165) is 67.0 Å². The maximum absolute atomic E-state index is 13.1. The molecule has 1 atom stereocenters. The van der Waals surface area contributed by atoms with Gasteiger partial charge in [-0.1, -0.05) is 18.2 Å². The third-order valence-corrected chi connectivity index (χ3v) is 10.4. The van der Waals surface area contributed by atoms with Gasteiger partial charge in [0.05, 0.1) is 46.7 Å². The minimum Gasteiger partial charge on any atom is -0.480 e. The molecule has 2 aliphatic rings. The minimum atomic E-state index is -1.50. The smallest absolute Gasteiger partial charge is 0.238 e. The number of nitrogens with zero attached hydrogens (tertiary/aromatic N) is 5. The molecule has 0 amide bonds. The largest absolute Gasteiger partial charge is 0.480 e. The third kappa shape index (κ3) is 6.68. The Kier molecular flexibility index (Phi) is 8.92. The second kappa shape index (κ2) is 12.8. The molecule has 2 aliphatic heterocycles. The Morgan fingerprint density at radius 1 is 1.14 bits per heavy atom. The fourth-order valence-corrected chi connectivity index (χ4v) is 7.60. The second-order valence-corrected chi connectivity index (χ2v) is 13.7. The first kappa shape index (κ1) is 29.9. The van der Waals surface area contributed by atoms with E-state index in [1.165, 1.54) is 5.56 Å². The van der Waals surface area contributed by atoms with Crippen molar-refractivity contribution in [2.75, 3.05) is 56.1 Å². The van der Waals surface area contributed by atoms with Crippen LogP contribution in [-0.2, 0) is 22.3 Å². The number of thiophene rings is 1. The summed E-state index contributed by atoms with van der Waals surface area (Å²) in [6, 6.07) is 11.1. The van der Waals surface area contributed by atoms with Crippen LogP contribution in [0.1, 0.15) is 32.3 Å². The van der Waals surface area contributed by atoms with Gasteiger partial charge in [-0.25, -0.2) is 19.2 Å². The van der Waals surface area contributed by atoms with Crippen molar-refractivity contribution in [2.45, 2.75) is 43.7 Å². The summed E-state index contributed by atoms with van der Waals surface area (Å²) in [7, 11) is 0.0511. The molecular weight excluding hydrogens is 585 g/mol. The lowest BCUT2D eigenvalue weighted by atomic mass is 9.83. The molecule has 12 heteroatoms. The van der Waals surface area contributed by atoms with Gasteiger partial charge in [0.15, 0.2) is 0 Å². The number of aromatic nitrogens is 3. The Labute approximate surface area is 258 Å². The van der Waals surface area contributed by atoms with Crippen molar-refractivity contribution in [2.24, 2.45) is 5.92 Å². The predicted octanol–water partition coefficient (Wildman–Crippen LogP) is 4.72. The van der Waals surface area contributed by atoms with E-state index in [1.54, 1.807) is 24.6 Å². The number of benzene rings is 1. The van der Waals surface area contributed by atoms with Crippen molar-refractivity contribution >= 4 is 44.2 Å². The van der Waals surface area contributed by atoms with E-state index in [-0.39, 0.29) is 0 Å². The zero-order chi connectivity index (χ0) is 30.0. The Balaban J connectivity index is 1.35. The molecule has 4 aromatic rings. The monoisotopic (exact) mass is 622 g/mol. The molecule has 0 aliphatic carbocycles. The quantitative estimate of drug-likeness (QED) is 0.274. The Hall–Kier alpha value is -3.16. The summed E-state index contributed by atoms with van der Waals surface area (Å²) in [4.78, 5) is 20.0. The highest BCUT2D eigenvalue weighted by Crippen LogP contribution is 2.38. The predicted molar refractivity (Wildman–Crippen MR) is 171 cm³/mol. The molecule has 228 valence electrons. The number of rotatable bonds is 9. The highest BCUT2D eigenvalue weighted by atomic mass is 32.2. The molecule has 3 aromatic heterocycles. The van der Waals surface area contributed by atoms with E-state index in [9.17, 15) is 9.32 Å². The average Bonchev–Trinajstić information content (AvgIpc) is 3.43. The van der Waals surface area contributed by atoms with Crippen LogP contribution in [-0.4, -0.2) is 81.3 Å². The van der Waals surface area contributed by atoms with Gasteiger partial charge in [-0.3, -0.25) is 9.62 Å². The molecule has 43 heavy (non-hydrogen) atoms. The molecule has 0 bridgehead atoms. The van der Waals surface area contributed by atoms with Crippen molar-refractivity contribution in [3.8, 4) is 17.1 Å². The molecule has 0 saturated carbocycles. The lowest BCUT2D eigenvalue weighted by Gasteiger charge is -2.37. The van der Waals surface area contributed by atoms with Gasteiger partial charge in [0.2, 0.25) is 11.8 Å². The van der Waals surface area contributed by atoms with E-state index in [2.05, 4.69) is 24.9 Å². The van der Waals surface area contributed by atoms with Gasteiger partial charge in [0.1, 0.15) is 16.7 Å². The molecule has 2 saturated heterocycles. The van der Waals surface area contributed by atoms with E-state index in [0.29, 0.717) is 41.5 Å². The van der Waals surface area contributed by atoms with Gasteiger partial charge in [-0.2, -0.15) is 0 Å². The molecule has 5 heterocycles. The van der Waals surface area contributed by atoms with Gasteiger partial charge in [-0.05, 0) is 69.3 Å². The van der Waals surface area contributed by atoms with E-state index in [4.69, 9.17) is 19.4 Å². The zero-order valence-corrected chi connectivity index (χ0v) is 26.4. The first-order valence-electron chi connectivity index (χ1n) is 14.6. The first-order chi connectivity index (χ1) is 20.8. The van der Waals surface area contributed by atoms with Crippen LogP contribution in [0.4, 0.5) is 11.6 Å². The number of pyridine rings is 1. The van der Waals surface area contributed by atoms with Crippen LogP contribution < -0.4 is 14.4 Å². The number of likely N-dealkylation sites (tertiary alicyclic amines) is 1. The van der Waals surface area contributed by atoms with Gasteiger partial charge in [0.25, 0.3) is 0 Å². The van der Waals surface area contributed by atoms with Gasteiger partial charge >= 0.3 is 0 Å². The average molecular weight is 623 g/mol. The van der Waals surface area contributed by atoms with E-state index >= 15 is 0 Å². The van der Waals surface area contributed by atoms with Gasteiger partial charge < -0.3 is 19.5 Å². The number of hydrogen-bond donors (Lipinski definition) is 2. The van der Waals surface area contributed by atoms with Crippen molar-refractivity contribution in [3.63, 3.8) is 0 Å². The SMILES string of the molecule is COc1ncc(-c2nc(N3CCOCC3)nc3c(CN4CCC(C(C)(C)O)CC4)csc23)cc1NS(=O)c1ccccc1. The van der Waals surface area contributed by atoms with Crippen molar-refractivity contribution in [1.82, 2.24) is 19.9 Å². The maximum atomic E-state index is 13.1. The molecule has 1 aromatic carbocycles. The van der Waals surface area contributed by atoms with Crippen LogP contribution in [0.5, 0.6) is 5.88 Å². The molecule has 2 N–H and O–H groups in total. The highest BCUT2D eigenvalue weighted by molar-refractivity contribution is 7.86. The topological polar surface area (TPSA) is 113 Å². The van der Waals surface area contributed by atoms with Gasteiger partial charge in [0, 0.05) is 37.0 Å². The Morgan fingerprint density at radius 2 is 1.88 bits per heavy atom. The van der Waals surface area contributed by atoms with Crippen LogP contribution >= 0.6 is 11.3 Å². The molecule has 1 unspecified atom stereocenters.